The summed E-state index contributed by atoms with van der Waals surface area (Å²) in [6, 6.07) is 0. The summed E-state index contributed by atoms with van der Waals surface area (Å²) in [5.74, 6) is -0.573. The van der Waals surface area contributed by atoms with Crippen LogP contribution in [0.25, 0.3) is 0 Å². The highest BCUT2D eigenvalue weighted by Crippen LogP contribution is 2.39. The Hall–Kier alpha value is -0.230. The van der Waals surface area contributed by atoms with Crippen LogP contribution in [0.2, 0.25) is 0 Å². The van der Waals surface area contributed by atoms with Crippen LogP contribution in [0.5, 0.6) is 0 Å². The van der Waals surface area contributed by atoms with Crippen molar-refractivity contribution in [3.05, 3.63) is 12.2 Å². The highest BCUT2D eigenvalue weighted by Gasteiger charge is 2.33. The molecule has 14 heavy (non-hydrogen) atoms. The van der Waals surface area contributed by atoms with Crippen LogP contribution < -0.4 is 11.5 Å². The molecular formula is C7H15N2O4P. The maximum atomic E-state index is 10.7. The SMILES string of the molecule is NC1(N)C=C[C@@H](CP(=O)(O)O)[C@@H](O)C1. The van der Waals surface area contributed by atoms with Gasteiger partial charge in [-0.25, -0.2) is 0 Å². The van der Waals surface area contributed by atoms with E-state index in [9.17, 15) is 9.67 Å². The van der Waals surface area contributed by atoms with Crippen LogP contribution in [0.4, 0.5) is 0 Å². The molecule has 0 aromatic heterocycles. The minimum atomic E-state index is -4.11. The lowest BCUT2D eigenvalue weighted by Gasteiger charge is -2.32. The van der Waals surface area contributed by atoms with Crippen molar-refractivity contribution in [3.8, 4) is 0 Å². The monoisotopic (exact) mass is 222 g/mol. The molecule has 0 aliphatic heterocycles. The molecule has 0 unspecified atom stereocenters. The maximum Gasteiger partial charge on any atom is 0.326 e. The van der Waals surface area contributed by atoms with Crippen LogP contribution in [0.1, 0.15) is 6.42 Å². The third kappa shape index (κ3) is 3.49. The summed E-state index contributed by atoms with van der Waals surface area (Å²) in [6.45, 7) is 0. The first-order valence-corrected chi connectivity index (χ1v) is 5.99. The molecule has 2 atom stereocenters. The Morgan fingerprint density at radius 2 is 2.07 bits per heavy atom. The number of aliphatic hydroxyl groups is 1. The topological polar surface area (TPSA) is 130 Å². The van der Waals surface area contributed by atoms with Crippen LogP contribution in [0.15, 0.2) is 12.2 Å². The highest BCUT2D eigenvalue weighted by molar-refractivity contribution is 7.51. The summed E-state index contributed by atoms with van der Waals surface area (Å²) in [7, 11) is -4.11. The van der Waals surface area contributed by atoms with Gasteiger partial charge in [0.15, 0.2) is 0 Å². The summed E-state index contributed by atoms with van der Waals surface area (Å²) in [6.07, 6.45) is 1.77. The quantitative estimate of drug-likeness (QED) is 0.224. The molecule has 0 heterocycles. The third-order valence-electron chi connectivity index (χ3n) is 2.16. The Balaban J connectivity index is 2.70. The fourth-order valence-electron chi connectivity index (χ4n) is 1.47. The molecule has 82 valence electrons. The van der Waals surface area contributed by atoms with Gasteiger partial charge in [-0.05, 0) is 0 Å². The van der Waals surface area contributed by atoms with Gasteiger partial charge in [0.1, 0.15) is 0 Å². The van der Waals surface area contributed by atoms with Gasteiger partial charge < -0.3 is 26.4 Å². The third-order valence-corrected chi connectivity index (χ3v) is 3.06. The van der Waals surface area contributed by atoms with Crippen LogP contribution in [-0.2, 0) is 4.57 Å². The normalized spacial score (nSPS) is 31.8. The van der Waals surface area contributed by atoms with Crippen LogP contribution in [0, 0.1) is 5.92 Å². The van der Waals surface area contributed by atoms with E-state index in [1.807, 2.05) is 0 Å². The van der Waals surface area contributed by atoms with E-state index in [2.05, 4.69) is 0 Å². The van der Waals surface area contributed by atoms with Crippen molar-refractivity contribution < 1.29 is 19.5 Å². The minimum absolute atomic E-state index is 0.105. The number of hydrogen-bond donors (Lipinski definition) is 5. The van der Waals surface area contributed by atoms with Gasteiger partial charge in [-0.2, -0.15) is 0 Å². The maximum absolute atomic E-state index is 10.7. The molecule has 1 aliphatic rings. The number of rotatable bonds is 2. The Labute approximate surface area is 81.8 Å². The Bertz CT molecular complexity index is 285. The molecule has 0 bridgehead atoms. The molecule has 1 rings (SSSR count). The van der Waals surface area contributed by atoms with Crippen LogP contribution in [0.3, 0.4) is 0 Å². The molecule has 0 fully saturated rings. The number of aliphatic hydroxyl groups excluding tert-OH is 1. The molecule has 0 saturated carbocycles. The fourth-order valence-corrected chi connectivity index (χ4v) is 2.38. The molecule has 7 heteroatoms. The molecule has 1 aliphatic carbocycles. The largest absolute Gasteiger partial charge is 0.392 e. The second-order valence-corrected chi connectivity index (χ2v) is 5.45. The molecule has 0 amide bonds. The van der Waals surface area contributed by atoms with E-state index in [0.29, 0.717) is 0 Å². The zero-order chi connectivity index (χ0) is 11.0. The minimum Gasteiger partial charge on any atom is -0.392 e. The first-order valence-electron chi connectivity index (χ1n) is 4.19. The zero-order valence-corrected chi connectivity index (χ0v) is 8.47. The van der Waals surface area contributed by atoms with E-state index in [-0.39, 0.29) is 12.6 Å². The van der Waals surface area contributed by atoms with Crippen molar-refractivity contribution in [2.75, 3.05) is 6.16 Å². The first kappa shape index (κ1) is 11.8. The molecule has 0 aromatic carbocycles. The molecule has 6 nitrogen and oxygen atoms in total. The van der Waals surface area contributed by atoms with E-state index in [1.165, 1.54) is 12.2 Å². The lowest BCUT2D eigenvalue weighted by molar-refractivity contribution is 0.100. The van der Waals surface area contributed by atoms with Crippen molar-refractivity contribution >= 4 is 7.60 Å². The number of nitrogens with two attached hydrogens (primary N) is 2. The zero-order valence-electron chi connectivity index (χ0n) is 7.58. The fraction of sp³-hybridized carbons (Fsp3) is 0.714. The van der Waals surface area contributed by atoms with E-state index in [0.717, 1.165) is 0 Å². The van der Waals surface area contributed by atoms with Gasteiger partial charge in [0.05, 0.1) is 17.9 Å². The predicted octanol–water partition coefficient (Wildman–Crippen LogP) is -1.29. The smallest absolute Gasteiger partial charge is 0.326 e. The van der Waals surface area contributed by atoms with Crippen molar-refractivity contribution in [2.45, 2.75) is 18.2 Å². The van der Waals surface area contributed by atoms with Gasteiger partial charge in [-0.15, -0.1) is 0 Å². The Morgan fingerprint density at radius 3 is 2.50 bits per heavy atom. The average molecular weight is 222 g/mol. The van der Waals surface area contributed by atoms with E-state index < -0.39 is 25.3 Å². The van der Waals surface area contributed by atoms with Gasteiger partial charge >= 0.3 is 7.60 Å². The van der Waals surface area contributed by atoms with Crippen molar-refractivity contribution in [1.82, 2.24) is 0 Å². The van der Waals surface area contributed by atoms with E-state index in [1.54, 1.807) is 0 Å². The predicted molar refractivity (Wildman–Crippen MR) is 51.3 cm³/mol. The Morgan fingerprint density at radius 1 is 1.50 bits per heavy atom. The van der Waals surface area contributed by atoms with Crippen LogP contribution >= 0.6 is 7.60 Å². The molecule has 0 saturated heterocycles. The van der Waals surface area contributed by atoms with Gasteiger partial charge in [0.25, 0.3) is 0 Å². The summed E-state index contributed by atoms with van der Waals surface area (Å²) in [5, 5.41) is 9.51. The molecular weight excluding hydrogens is 207 g/mol. The van der Waals surface area contributed by atoms with Gasteiger partial charge in [0.2, 0.25) is 0 Å². The second-order valence-electron chi connectivity index (χ2n) is 3.75. The molecule has 0 radical (unpaired) electrons. The summed E-state index contributed by atoms with van der Waals surface area (Å²) in [4.78, 5) is 17.4. The lowest BCUT2D eigenvalue weighted by atomic mass is 9.88. The second kappa shape index (κ2) is 3.73. The average Bonchev–Trinajstić information content (AvgIpc) is 1.92. The summed E-state index contributed by atoms with van der Waals surface area (Å²) < 4.78 is 10.7. The van der Waals surface area contributed by atoms with Crippen molar-refractivity contribution in [1.29, 1.82) is 0 Å². The summed E-state index contributed by atoms with van der Waals surface area (Å²) >= 11 is 0. The van der Waals surface area contributed by atoms with Crippen LogP contribution in [-0.4, -0.2) is 32.8 Å². The molecule has 0 aromatic rings. The van der Waals surface area contributed by atoms with Crippen molar-refractivity contribution in [3.63, 3.8) is 0 Å². The van der Waals surface area contributed by atoms with Gasteiger partial charge in [0, 0.05) is 12.3 Å². The number of hydrogen-bond acceptors (Lipinski definition) is 4. The van der Waals surface area contributed by atoms with Gasteiger partial charge in [-0.3, -0.25) is 4.57 Å². The lowest BCUT2D eigenvalue weighted by Crippen LogP contribution is -2.53. The molecule has 7 N–H and O–H groups in total. The Kier molecular flexibility index (Phi) is 3.16. The van der Waals surface area contributed by atoms with Gasteiger partial charge in [-0.1, -0.05) is 12.2 Å². The van der Waals surface area contributed by atoms with E-state index in [4.69, 9.17) is 21.3 Å². The first-order chi connectivity index (χ1) is 6.20. The standard InChI is InChI=1S/C7H15N2O4P/c8-7(9)2-1-5(6(10)3-7)4-14(11,12)13/h1-2,5-6,10H,3-4,8-9H2,(H2,11,12,13)/t5-,6-/m0/s1. The molecule has 0 spiro atoms. The highest BCUT2D eigenvalue weighted by atomic mass is 31.2. The van der Waals surface area contributed by atoms with E-state index >= 15 is 0 Å². The van der Waals surface area contributed by atoms with Crippen molar-refractivity contribution in [2.24, 2.45) is 17.4 Å². The summed E-state index contributed by atoms with van der Waals surface area (Å²) in [5.41, 5.74) is 9.98.